The van der Waals surface area contributed by atoms with Crippen molar-refractivity contribution in [1.82, 2.24) is 0 Å². The van der Waals surface area contributed by atoms with Gasteiger partial charge in [0, 0.05) is 11.1 Å². The van der Waals surface area contributed by atoms with Crippen molar-refractivity contribution in [3.63, 3.8) is 0 Å². The van der Waals surface area contributed by atoms with Gasteiger partial charge in [0.25, 0.3) is 5.92 Å². The summed E-state index contributed by atoms with van der Waals surface area (Å²) in [4.78, 5) is 10.2. The molecule has 0 saturated heterocycles. The predicted octanol–water partition coefficient (Wildman–Crippen LogP) is 2.01. The minimum absolute atomic E-state index is 0.516. The SMILES string of the molecule is C/C(C(=O)O)=C(/C)C(F)(F)CF. The molecule has 0 aliphatic rings. The zero-order valence-corrected chi connectivity index (χ0v) is 6.70. The van der Waals surface area contributed by atoms with Crippen molar-refractivity contribution in [1.29, 1.82) is 0 Å². The van der Waals surface area contributed by atoms with Crippen molar-refractivity contribution in [3.05, 3.63) is 11.1 Å². The van der Waals surface area contributed by atoms with Crippen molar-refractivity contribution >= 4 is 5.97 Å². The summed E-state index contributed by atoms with van der Waals surface area (Å²) < 4.78 is 36.6. The summed E-state index contributed by atoms with van der Waals surface area (Å²) in [5.74, 6) is -5.12. The van der Waals surface area contributed by atoms with Crippen LogP contribution in [0.4, 0.5) is 13.2 Å². The van der Waals surface area contributed by atoms with Gasteiger partial charge in [-0.25, -0.2) is 9.18 Å². The van der Waals surface area contributed by atoms with E-state index in [0.29, 0.717) is 0 Å². The van der Waals surface area contributed by atoms with Gasteiger partial charge in [0.1, 0.15) is 0 Å². The summed E-state index contributed by atoms with van der Waals surface area (Å²) in [6.45, 7) is 0.0493. The van der Waals surface area contributed by atoms with Gasteiger partial charge in [-0.15, -0.1) is 0 Å². The molecule has 12 heavy (non-hydrogen) atoms. The number of rotatable bonds is 3. The fourth-order valence-electron chi connectivity index (χ4n) is 0.535. The number of hydrogen-bond donors (Lipinski definition) is 1. The van der Waals surface area contributed by atoms with E-state index in [2.05, 4.69) is 0 Å². The normalized spacial score (nSPS) is 14.1. The van der Waals surface area contributed by atoms with Gasteiger partial charge in [-0.3, -0.25) is 0 Å². The lowest BCUT2D eigenvalue weighted by molar-refractivity contribution is -0.132. The van der Waals surface area contributed by atoms with Crippen molar-refractivity contribution in [3.8, 4) is 0 Å². The number of carboxylic acids is 1. The van der Waals surface area contributed by atoms with Crippen LogP contribution >= 0.6 is 0 Å². The van der Waals surface area contributed by atoms with E-state index in [-0.39, 0.29) is 0 Å². The first kappa shape index (κ1) is 11.0. The molecular formula is C7H9F3O2. The second-order valence-corrected chi connectivity index (χ2v) is 2.39. The smallest absolute Gasteiger partial charge is 0.331 e. The molecule has 0 unspecified atom stereocenters. The van der Waals surface area contributed by atoms with Crippen LogP contribution in [-0.2, 0) is 4.79 Å². The van der Waals surface area contributed by atoms with Gasteiger partial charge < -0.3 is 5.11 Å². The number of carboxylic acid groups (broad SMARTS) is 1. The number of alkyl halides is 3. The van der Waals surface area contributed by atoms with E-state index >= 15 is 0 Å². The average Bonchev–Trinajstić information content (AvgIpc) is 2.01. The Morgan fingerprint density at radius 3 is 2.08 bits per heavy atom. The lowest BCUT2D eigenvalue weighted by Gasteiger charge is -2.13. The zero-order valence-electron chi connectivity index (χ0n) is 6.70. The maximum atomic E-state index is 12.5. The van der Waals surface area contributed by atoms with E-state index < -0.39 is 29.7 Å². The quantitative estimate of drug-likeness (QED) is 0.678. The molecule has 1 N–H and O–H groups in total. The second-order valence-electron chi connectivity index (χ2n) is 2.39. The van der Waals surface area contributed by atoms with Crippen molar-refractivity contribution < 1.29 is 23.1 Å². The van der Waals surface area contributed by atoms with E-state index in [1.54, 1.807) is 0 Å². The van der Waals surface area contributed by atoms with Crippen LogP contribution < -0.4 is 0 Å². The summed E-state index contributed by atoms with van der Waals surface area (Å²) in [6.07, 6.45) is 0. The van der Waals surface area contributed by atoms with Crippen molar-refractivity contribution in [2.75, 3.05) is 6.67 Å². The molecule has 0 atom stereocenters. The molecule has 0 saturated carbocycles. The molecule has 0 fully saturated rings. The highest BCUT2D eigenvalue weighted by Gasteiger charge is 2.33. The molecule has 0 bridgehead atoms. The first-order valence-corrected chi connectivity index (χ1v) is 3.18. The summed E-state index contributed by atoms with van der Waals surface area (Å²) in [6, 6.07) is 0. The molecular weight excluding hydrogens is 173 g/mol. The Balaban J connectivity index is 4.90. The molecule has 0 aliphatic carbocycles. The molecule has 70 valence electrons. The average molecular weight is 182 g/mol. The van der Waals surface area contributed by atoms with Crippen molar-refractivity contribution in [2.45, 2.75) is 19.8 Å². The Morgan fingerprint density at radius 2 is 1.83 bits per heavy atom. The van der Waals surface area contributed by atoms with E-state index in [1.165, 1.54) is 0 Å². The van der Waals surface area contributed by atoms with Crippen LogP contribution in [-0.4, -0.2) is 23.7 Å². The molecule has 0 aliphatic heterocycles. The summed E-state index contributed by atoms with van der Waals surface area (Å²) in [5, 5.41) is 8.30. The standard InChI is InChI=1S/C7H9F3O2/c1-4(6(11)12)5(2)7(9,10)3-8/h3H2,1-2H3,(H,11,12)/b5-4+. The summed E-state index contributed by atoms with van der Waals surface area (Å²) in [7, 11) is 0. The lowest BCUT2D eigenvalue weighted by atomic mass is 10.1. The third kappa shape index (κ3) is 2.25. The third-order valence-electron chi connectivity index (χ3n) is 1.60. The highest BCUT2D eigenvalue weighted by atomic mass is 19.3. The third-order valence-corrected chi connectivity index (χ3v) is 1.60. The van der Waals surface area contributed by atoms with Gasteiger partial charge >= 0.3 is 5.97 Å². The van der Waals surface area contributed by atoms with Gasteiger partial charge in [0.2, 0.25) is 0 Å². The topological polar surface area (TPSA) is 37.3 Å². The van der Waals surface area contributed by atoms with E-state index in [9.17, 15) is 18.0 Å². The monoisotopic (exact) mass is 182 g/mol. The molecule has 0 radical (unpaired) electrons. The summed E-state index contributed by atoms with van der Waals surface area (Å²) >= 11 is 0. The number of aliphatic carboxylic acids is 1. The van der Waals surface area contributed by atoms with Crippen LogP contribution in [0.2, 0.25) is 0 Å². The minimum atomic E-state index is -3.66. The van der Waals surface area contributed by atoms with Gasteiger partial charge in [-0.05, 0) is 13.8 Å². The molecule has 0 rings (SSSR count). The largest absolute Gasteiger partial charge is 0.478 e. The van der Waals surface area contributed by atoms with Crippen LogP contribution in [0.3, 0.4) is 0 Å². The molecule has 2 nitrogen and oxygen atoms in total. The number of allylic oxidation sites excluding steroid dienone is 1. The van der Waals surface area contributed by atoms with Gasteiger partial charge in [0.15, 0.2) is 6.67 Å². The Bertz CT molecular complexity index is 221. The lowest BCUT2D eigenvalue weighted by Crippen LogP contribution is -2.23. The van der Waals surface area contributed by atoms with Crippen molar-refractivity contribution in [2.24, 2.45) is 0 Å². The van der Waals surface area contributed by atoms with Gasteiger partial charge in [-0.1, -0.05) is 0 Å². The Kier molecular flexibility index (Phi) is 3.30. The zero-order chi connectivity index (χ0) is 9.94. The minimum Gasteiger partial charge on any atom is -0.478 e. The van der Waals surface area contributed by atoms with Crippen LogP contribution in [0.15, 0.2) is 11.1 Å². The predicted molar refractivity (Wildman–Crippen MR) is 36.9 cm³/mol. The highest BCUT2D eigenvalue weighted by Crippen LogP contribution is 2.26. The van der Waals surface area contributed by atoms with Gasteiger partial charge in [-0.2, -0.15) is 8.78 Å². The van der Waals surface area contributed by atoms with Crippen LogP contribution in [0.5, 0.6) is 0 Å². The first-order valence-electron chi connectivity index (χ1n) is 3.18. The fourth-order valence-corrected chi connectivity index (χ4v) is 0.535. The van der Waals surface area contributed by atoms with Crippen LogP contribution in [0.25, 0.3) is 0 Å². The number of carbonyl (C=O) groups is 1. The molecule has 5 heteroatoms. The molecule has 0 spiro atoms. The maximum absolute atomic E-state index is 12.5. The molecule has 0 aromatic rings. The van der Waals surface area contributed by atoms with E-state index in [1.807, 2.05) is 0 Å². The van der Waals surface area contributed by atoms with E-state index in [0.717, 1.165) is 13.8 Å². The highest BCUT2D eigenvalue weighted by molar-refractivity contribution is 5.87. The fraction of sp³-hybridized carbons (Fsp3) is 0.571. The Hall–Kier alpha value is -1.00. The Morgan fingerprint density at radius 1 is 1.42 bits per heavy atom. The Labute approximate surface area is 67.7 Å². The van der Waals surface area contributed by atoms with Gasteiger partial charge in [0.05, 0.1) is 0 Å². The molecule has 0 amide bonds. The number of hydrogen-bond acceptors (Lipinski definition) is 1. The summed E-state index contributed by atoms with van der Waals surface area (Å²) in [5.41, 5.74) is -1.25. The molecule has 0 heterocycles. The molecule has 0 aromatic heterocycles. The number of halogens is 3. The van der Waals surface area contributed by atoms with E-state index in [4.69, 9.17) is 5.11 Å². The second kappa shape index (κ2) is 3.60. The molecule has 0 aromatic carbocycles. The maximum Gasteiger partial charge on any atom is 0.331 e. The van der Waals surface area contributed by atoms with Crippen LogP contribution in [0, 0.1) is 0 Å². The first-order chi connectivity index (χ1) is 5.33. The van der Waals surface area contributed by atoms with Crippen LogP contribution in [0.1, 0.15) is 13.8 Å².